The molecule has 0 saturated carbocycles. The zero-order chi connectivity index (χ0) is 12.5. The molecule has 1 aromatic heterocycles. The van der Waals surface area contributed by atoms with Gasteiger partial charge in [0, 0.05) is 16.1 Å². The molecule has 0 bridgehead atoms. The third-order valence-corrected chi connectivity index (χ3v) is 3.17. The van der Waals surface area contributed by atoms with E-state index in [1.807, 2.05) is 53.3 Å². The largest absolute Gasteiger partial charge is 0.399 e. The highest BCUT2D eigenvalue weighted by Gasteiger charge is 2.03. The molecule has 0 spiro atoms. The van der Waals surface area contributed by atoms with Gasteiger partial charge in [-0.1, -0.05) is 23.7 Å². The Morgan fingerprint density at radius 1 is 1.11 bits per heavy atom. The Hall–Kier alpha value is -2.00. The van der Waals surface area contributed by atoms with Gasteiger partial charge in [0.1, 0.15) is 0 Å². The molecule has 0 aliphatic rings. The first-order valence-electron chi connectivity index (χ1n) is 5.68. The Balaban J connectivity index is 1.99. The summed E-state index contributed by atoms with van der Waals surface area (Å²) in [4.78, 5) is 0. The number of nitrogen functional groups attached to an aromatic ring is 1. The van der Waals surface area contributed by atoms with Gasteiger partial charge in [0.2, 0.25) is 0 Å². The summed E-state index contributed by atoms with van der Waals surface area (Å²) < 4.78 is 1.94. The maximum Gasteiger partial charge on any atom is 0.0706 e. The number of hydrogen-bond acceptors (Lipinski definition) is 2. The molecule has 3 aromatic rings. The Kier molecular flexibility index (Phi) is 2.68. The van der Waals surface area contributed by atoms with Gasteiger partial charge in [0.05, 0.1) is 18.3 Å². The highest BCUT2D eigenvalue weighted by molar-refractivity contribution is 6.30. The van der Waals surface area contributed by atoms with Crippen LogP contribution in [0.3, 0.4) is 0 Å². The van der Waals surface area contributed by atoms with Crippen LogP contribution in [0.15, 0.2) is 48.7 Å². The predicted molar refractivity (Wildman–Crippen MR) is 74.7 cm³/mol. The fraction of sp³-hybridized carbons (Fsp3) is 0.0714. The van der Waals surface area contributed by atoms with Crippen molar-refractivity contribution in [3.63, 3.8) is 0 Å². The number of benzene rings is 2. The molecule has 0 radical (unpaired) electrons. The van der Waals surface area contributed by atoms with Crippen molar-refractivity contribution >= 4 is 28.2 Å². The summed E-state index contributed by atoms with van der Waals surface area (Å²) in [6, 6.07) is 13.6. The van der Waals surface area contributed by atoms with E-state index < -0.39 is 0 Å². The Morgan fingerprint density at radius 2 is 1.89 bits per heavy atom. The first kappa shape index (κ1) is 11.1. The molecule has 18 heavy (non-hydrogen) atoms. The van der Waals surface area contributed by atoms with Crippen molar-refractivity contribution in [2.75, 3.05) is 5.73 Å². The van der Waals surface area contributed by atoms with Gasteiger partial charge in [-0.15, -0.1) is 0 Å². The lowest BCUT2D eigenvalue weighted by Gasteiger charge is -2.04. The topological polar surface area (TPSA) is 43.8 Å². The lowest BCUT2D eigenvalue weighted by Crippen LogP contribution is -2.01. The van der Waals surface area contributed by atoms with Crippen LogP contribution < -0.4 is 5.73 Å². The monoisotopic (exact) mass is 257 g/mol. The molecule has 2 aromatic carbocycles. The molecular formula is C14H12ClN3. The van der Waals surface area contributed by atoms with Gasteiger partial charge < -0.3 is 5.73 Å². The maximum absolute atomic E-state index is 5.87. The normalized spacial score (nSPS) is 10.9. The summed E-state index contributed by atoms with van der Waals surface area (Å²) in [6.45, 7) is 0.712. The van der Waals surface area contributed by atoms with Gasteiger partial charge in [-0.2, -0.15) is 5.10 Å². The SMILES string of the molecule is Nc1ccc2cnn(Cc3ccc(Cl)cc3)c2c1. The maximum atomic E-state index is 5.87. The standard InChI is InChI=1S/C14H12ClN3/c15-12-4-1-10(2-5-12)9-18-14-7-13(16)6-3-11(14)8-17-18/h1-8H,9,16H2. The van der Waals surface area contributed by atoms with E-state index >= 15 is 0 Å². The van der Waals surface area contributed by atoms with E-state index in [1.54, 1.807) is 0 Å². The van der Waals surface area contributed by atoms with Crippen LogP contribution in [0.1, 0.15) is 5.56 Å². The van der Waals surface area contributed by atoms with Gasteiger partial charge in [-0.25, -0.2) is 0 Å². The Morgan fingerprint density at radius 3 is 2.67 bits per heavy atom. The molecule has 4 heteroatoms. The van der Waals surface area contributed by atoms with E-state index in [1.165, 1.54) is 0 Å². The van der Waals surface area contributed by atoms with E-state index in [4.69, 9.17) is 17.3 Å². The van der Waals surface area contributed by atoms with E-state index in [9.17, 15) is 0 Å². The van der Waals surface area contributed by atoms with Gasteiger partial charge in [-0.05, 0) is 35.9 Å². The van der Waals surface area contributed by atoms with Crippen LogP contribution >= 0.6 is 11.6 Å². The summed E-state index contributed by atoms with van der Waals surface area (Å²) in [5.41, 5.74) is 8.76. The molecule has 0 aliphatic carbocycles. The molecule has 0 atom stereocenters. The van der Waals surface area contributed by atoms with Crippen LogP contribution in [0, 0.1) is 0 Å². The number of nitrogens with zero attached hydrogens (tertiary/aromatic N) is 2. The minimum Gasteiger partial charge on any atom is -0.399 e. The number of anilines is 1. The smallest absolute Gasteiger partial charge is 0.0706 e. The van der Waals surface area contributed by atoms with Gasteiger partial charge in [0.15, 0.2) is 0 Å². The summed E-state index contributed by atoms with van der Waals surface area (Å²) in [5.74, 6) is 0. The van der Waals surface area contributed by atoms with E-state index in [2.05, 4.69) is 5.10 Å². The van der Waals surface area contributed by atoms with E-state index in [0.717, 1.165) is 27.2 Å². The van der Waals surface area contributed by atoms with Crippen LogP contribution in [0.2, 0.25) is 5.02 Å². The number of aromatic nitrogens is 2. The average molecular weight is 258 g/mol. The van der Waals surface area contributed by atoms with Gasteiger partial charge in [-0.3, -0.25) is 4.68 Å². The van der Waals surface area contributed by atoms with Crippen LogP contribution in [0.4, 0.5) is 5.69 Å². The molecule has 0 fully saturated rings. The Bertz CT molecular complexity index is 686. The minimum absolute atomic E-state index is 0.712. The van der Waals surface area contributed by atoms with Crippen molar-refractivity contribution in [3.8, 4) is 0 Å². The summed E-state index contributed by atoms with van der Waals surface area (Å²) in [5, 5.41) is 6.22. The third kappa shape index (κ3) is 2.05. The zero-order valence-corrected chi connectivity index (χ0v) is 10.4. The summed E-state index contributed by atoms with van der Waals surface area (Å²) in [6.07, 6.45) is 1.85. The number of nitrogens with two attached hydrogens (primary N) is 1. The number of hydrogen-bond donors (Lipinski definition) is 1. The van der Waals surface area contributed by atoms with Crippen molar-refractivity contribution < 1.29 is 0 Å². The van der Waals surface area contributed by atoms with Gasteiger partial charge >= 0.3 is 0 Å². The first-order valence-corrected chi connectivity index (χ1v) is 6.06. The van der Waals surface area contributed by atoms with Crippen molar-refractivity contribution in [2.45, 2.75) is 6.54 Å². The van der Waals surface area contributed by atoms with Crippen molar-refractivity contribution in [2.24, 2.45) is 0 Å². The molecule has 0 saturated heterocycles. The minimum atomic E-state index is 0.712. The average Bonchev–Trinajstić information content (AvgIpc) is 2.75. The van der Waals surface area contributed by atoms with Crippen LogP contribution in [0.5, 0.6) is 0 Å². The molecule has 0 amide bonds. The van der Waals surface area contributed by atoms with Crippen molar-refractivity contribution in [3.05, 3.63) is 59.2 Å². The third-order valence-electron chi connectivity index (χ3n) is 2.91. The molecule has 2 N–H and O–H groups in total. The zero-order valence-electron chi connectivity index (χ0n) is 9.68. The molecular weight excluding hydrogens is 246 g/mol. The molecule has 1 heterocycles. The van der Waals surface area contributed by atoms with Crippen LogP contribution in [-0.2, 0) is 6.54 Å². The lowest BCUT2D eigenvalue weighted by molar-refractivity contribution is 0.712. The van der Waals surface area contributed by atoms with Crippen LogP contribution in [0.25, 0.3) is 10.9 Å². The van der Waals surface area contributed by atoms with Crippen LogP contribution in [-0.4, -0.2) is 9.78 Å². The van der Waals surface area contributed by atoms with Crippen molar-refractivity contribution in [1.82, 2.24) is 9.78 Å². The predicted octanol–water partition coefficient (Wildman–Crippen LogP) is 3.32. The molecule has 3 nitrogen and oxygen atoms in total. The molecule has 3 rings (SSSR count). The highest BCUT2D eigenvalue weighted by Crippen LogP contribution is 2.18. The fourth-order valence-corrected chi connectivity index (χ4v) is 2.10. The lowest BCUT2D eigenvalue weighted by atomic mass is 10.2. The second-order valence-electron chi connectivity index (χ2n) is 4.25. The summed E-state index contributed by atoms with van der Waals surface area (Å²) in [7, 11) is 0. The highest BCUT2D eigenvalue weighted by atomic mass is 35.5. The van der Waals surface area contributed by atoms with E-state index in [-0.39, 0.29) is 0 Å². The number of rotatable bonds is 2. The fourth-order valence-electron chi connectivity index (χ4n) is 1.98. The summed E-state index contributed by atoms with van der Waals surface area (Å²) >= 11 is 5.87. The Labute approximate surface area is 110 Å². The number of fused-ring (bicyclic) bond motifs is 1. The molecule has 0 unspecified atom stereocenters. The second-order valence-corrected chi connectivity index (χ2v) is 4.68. The van der Waals surface area contributed by atoms with Crippen molar-refractivity contribution in [1.29, 1.82) is 0 Å². The first-order chi connectivity index (χ1) is 8.72. The molecule has 0 aliphatic heterocycles. The van der Waals surface area contributed by atoms with Gasteiger partial charge in [0.25, 0.3) is 0 Å². The molecule has 90 valence electrons. The second kappa shape index (κ2) is 4.35. The van der Waals surface area contributed by atoms with E-state index in [0.29, 0.717) is 6.54 Å². The quantitative estimate of drug-likeness (QED) is 0.716. The number of halogens is 1.